The molecule has 0 spiro atoms. The van der Waals surface area contributed by atoms with Gasteiger partial charge in [0.25, 0.3) is 0 Å². The smallest absolute Gasteiger partial charge is 0.134 e. The maximum absolute atomic E-state index is 4.64. The Labute approximate surface area is 223 Å². The van der Waals surface area contributed by atoms with E-state index in [1.54, 1.807) is 0 Å². The van der Waals surface area contributed by atoms with Crippen molar-refractivity contribution in [3.05, 3.63) is 47.3 Å². The zero-order chi connectivity index (χ0) is 27.6. The van der Waals surface area contributed by atoms with Crippen molar-refractivity contribution in [1.29, 1.82) is 0 Å². The van der Waals surface area contributed by atoms with Crippen molar-refractivity contribution in [2.45, 2.75) is 156 Å². The van der Waals surface area contributed by atoms with Gasteiger partial charge in [-0.15, -0.1) is 0 Å². The Morgan fingerprint density at radius 2 is 0.778 bits per heavy atom. The average molecular weight is 497 g/mol. The van der Waals surface area contributed by atoms with Crippen LogP contribution in [-0.4, -0.2) is 20.2 Å². The molecule has 0 N–H and O–H groups in total. The van der Waals surface area contributed by atoms with E-state index in [1.165, 1.54) is 5.56 Å². The highest BCUT2D eigenvalue weighted by molar-refractivity contribution is 5.21. The molecule has 2 aromatic heterocycles. The van der Waals surface area contributed by atoms with Gasteiger partial charge in [-0.2, -0.15) is 10.2 Å². The summed E-state index contributed by atoms with van der Waals surface area (Å²) in [6.45, 7) is 26.9. The topological polar surface area (TPSA) is 51.6 Å². The Bertz CT molecular complexity index is 720. The Kier molecular flexibility index (Phi) is 12.2. The summed E-state index contributed by atoms with van der Waals surface area (Å²) in [4.78, 5) is 9.29. The monoisotopic (exact) mass is 496 g/mol. The van der Waals surface area contributed by atoms with Gasteiger partial charge >= 0.3 is 0 Å². The summed E-state index contributed by atoms with van der Waals surface area (Å²) in [6, 6.07) is 4.36. The molecule has 0 aliphatic carbocycles. The number of hydrogen-bond acceptors (Lipinski definition) is 4. The van der Waals surface area contributed by atoms with Crippen LogP contribution in [0.25, 0.3) is 0 Å². The van der Waals surface area contributed by atoms with Gasteiger partial charge in [-0.1, -0.05) is 83.1 Å². The molecule has 0 saturated heterocycles. The highest BCUT2D eigenvalue weighted by Crippen LogP contribution is 2.33. The molecule has 0 atom stereocenters. The van der Waals surface area contributed by atoms with E-state index in [2.05, 4.69) is 115 Å². The Morgan fingerprint density at radius 3 is 1.03 bits per heavy atom. The minimum Gasteiger partial charge on any atom is -0.240 e. The maximum Gasteiger partial charge on any atom is 0.134 e. The molecule has 0 aliphatic heterocycles. The fourth-order valence-electron chi connectivity index (χ4n) is 4.38. The van der Waals surface area contributed by atoms with Crippen molar-refractivity contribution in [1.82, 2.24) is 20.2 Å². The van der Waals surface area contributed by atoms with Crippen molar-refractivity contribution < 1.29 is 0 Å². The van der Waals surface area contributed by atoms with Gasteiger partial charge in [-0.25, -0.2) is 9.97 Å². The minimum absolute atomic E-state index is 0.118. The molecule has 204 valence electrons. The third-order valence-electron chi connectivity index (χ3n) is 10.0. The lowest BCUT2D eigenvalue weighted by molar-refractivity contribution is 0.401. The molecule has 0 bridgehead atoms. The van der Waals surface area contributed by atoms with E-state index in [9.17, 15) is 0 Å². The molecule has 0 fully saturated rings. The molecular formula is C32H56N4. The Hall–Kier alpha value is -1.84. The second-order valence-corrected chi connectivity index (χ2v) is 11.7. The van der Waals surface area contributed by atoms with E-state index in [0.29, 0.717) is 0 Å². The van der Waals surface area contributed by atoms with Crippen LogP contribution in [0.4, 0.5) is 0 Å². The zero-order valence-corrected chi connectivity index (χ0v) is 25.8. The second-order valence-electron chi connectivity index (χ2n) is 11.7. The first-order valence-electron chi connectivity index (χ1n) is 14.6. The molecule has 0 aromatic carbocycles. The van der Waals surface area contributed by atoms with E-state index >= 15 is 0 Å². The molecule has 0 radical (unpaired) electrons. The lowest BCUT2D eigenvalue weighted by atomic mass is 9.79. The molecule has 4 heteroatoms. The number of nitrogens with zero attached hydrogens (tertiary/aromatic N) is 4. The van der Waals surface area contributed by atoms with Gasteiger partial charge in [-0.05, 0) is 74.5 Å². The van der Waals surface area contributed by atoms with Crippen LogP contribution in [0, 0.1) is 0 Å². The van der Waals surface area contributed by atoms with Crippen LogP contribution in [0.15, 0.2) is 24.5 Å². The fourth-order valence-corrected chi connectivity index (χ4v) is 4.38. The number of rotatable bonds is 12. The summed E-state index contributed by atoms with van der Waals surface area (Å²) in [5.41, 5.74) is 4.20. The standard InChI is InChI=1S/2C16H28N2/c1-7-15(5,8-2)13-11-17-14(18-12-13)16(6,9-3)10-4;1-7-15(5,8-2)13-11-12-14(18-17-13)16(6,9-3)10-4/h2*11-12H,7-10H2,1-6H3. The highest BCUT2D eigenvalue weighted by Gasteiger charge is 2.29. The summed E-state index contributed by atoms with van der Waals surface area (Å²) in [5, 5.41) is 9.01. The van der Waals surface area contributed by atoms with Crippen molar-refractivity contribution in [2.24, 2.45) is 0 Å². The predicted molar refractivity (Wildman–Crippen MR) is 156 cm³/mol. The van der Waals surface area contributed by atoms with Crippen LogP contribution >= 0.6 is 0 Å². The van der Waals surface area contributed by atoms with E-state index in [-0.39, 0.29) is 21.7 Å². The fraction of sp³-hybridized carbons (Fsp3) is 0.750. The van der Waals surface area contributed by atoms with Crippen molar-refractivity contribution in [3.8, 4) is 0 Å². The number of hydrogen-bond donors (Lipinski definition) is 0. The van der Waals surface area contributed by atoms with E-state index in [4.69, 9.17) is 0 Å². The SMILES string of the molecule is CCC(C)(CC)c1ccc(C(C)(CC)CC)nn1.CCC(C)(CC)c1cnc(C(C)(CC)CC)nc1. The van der Waals surface area contributed by atoms with E-state index in [1.807, 2.05) is 12.4 Å². The quantitative estimate of drug-likeness (QED) is 0.294. The van der Waals surface area contributed by atoms with Crippen LogP contribution in [-0.2, 0) is 21.7 Å². The molecule has 0 aliphatic rings. The summed E-state index contributed by atoms with van der Waals surface area (Å²) in [5.74, 6) is 0.991. The van der Waals surface area contributed by atoms with E-state index in [0.717, 1.165) is 68.6 Å². The summed E-state index contributed by atoms with van der Waals surface area (Å²) in [7, 11) is 0. The molecule has 0 unspecified atom stereocenters. The third kappa shape index (κ3) is 7.13. The van der Waals surface area contributed by atoms with Crippen LogP contribution < -0.4 is 0 Å². The van der Waals surface area contributed by atoms with Gasteiger partial charge in [0, 0.05) is 28.6 Å². The van der Waals surface area contributed by atoms with Gasteiger partial charge in [-0.3, -0.25) is 0 Å². The first kappa shape index (κ1) is 32.2. The van der Waals surface area contributed by atoms with Crippen molar-refractivity contribution in [2.75, 3.05) is 0 Å². The number of aromatic nitrogens is 4. The molecule has 4 nitrogen and oxygen atoms in total. The highest BCUT2D eigenvalue weighted by atomic mass is 15.1. The molecule has 36 heavy (non-hydrogen) atoms. The molecular weight excluding hydrogens is 440 g/mol. The first-order valence-corrected chi connectivity index (χ1v) is 14.6. The molecule has 0 saturated carbocycles. The van der Waals surface area contributed by atoms with Gasteiger partial charge in [0.1, 0.15) is 5.82 Å². The lowest BCUT2D eigenvalue weighted by Crippen LogP contribution is -2.25. The molecule has 2 aromatic rings. The minimum atomic E-state index is 0.118. The van der Waals surface area contributed by atoms with Gasteiger partial charge in [0.15, 0.2) is 0 Å². The average Bonchev–Trinajstić information content (AvgIpc) is 2.95. The van der Waals surface area contributed by atoms with Gasteiger partial charge < -0.3 is 0 Å². The molecule has 0 amide bonds. The third-order valence-corrected chi connectivity index (χ3v) is 10.0. The molecule has 2 rings (SSSR count). The van der Waals surface area contributed by atoms with Gasteiger partial charge in [0.2, 0.25) is 0 Å². The maximum atomic E-state index is 4.64. The summed E-state index contributed by atoms with van der Waals surface area (Å²) >= 11 is 0. The Balaban J connectivity index is 0.000000360. The Morgan fingerprint density at radius 1 is 0.472 bits per heavy atom. The largest absolute Gasteiger partial charge is 0.240 e. The predicted octanol–water partition coefficient (Wildman–Crippen LogP) is 9.26. The first-order chi connectivity index (χ1) is 16.9. The van der Waals surface area contributed by atoms with Crippen molar-refractivity contribution in [3.63, 3.8) is 0 Å². The van der Waals surface area contributed by atoms with Crippen LogP contribution in [0.1, 0.15) is 157 Å². The van der Waals surface area contributed by atoms with Crippen LogP contribution in [0.5, 0.6) is 0 Å². The van der Waals surface area contributed by atoms with Crippen LogP contribution in [0.2, 0.25) is 0 Å². The van der Waals surface area contributed by atoms with E-state index < -0.39 is 0 Å². The molecule has 2 heterocycles. The normalized spacial score (nSPS) is 12.8. The summed E-state index contributed by atoms with van der Waals surface area (Å²) < 4.78 is 0. The van der Waals surface area contributed by atoms with Crippen molar-refractivity contribution >= 4 is 0 Å². The van der Waals surface area contributed by atoms with Gasteiger partial charge in [0.05, 0.1) is 11.4 Å². The summed E-state index contributed by atoms with van der Waals surface area (Å²) in [6.07, 6.45) is 12.9. The zero-order valence-electron chi connectivity index (χ0n) is 25.8. The second kappa shape index (κ2) is 13.6. The lowest BCUT2D eigenvalue weighted by Gasteiger charge is -2.29. The van der Waals surface area contributed by atoms with Crippen LogP contribution in [0.3, 0.4) is 0 Å².